The fourth-order valence-corrected chi connectivity index (χ4v) is 1.31. The Kier molecular flexibility index (Phi) is 5.30. The van der Waals surface area contributed by atoms with Crippen LogP contribution in [0, 0.1) is 11.3 Å². The van der Waals surface area contributed by atoms with Crippen molar-refractivity contribution in [2.75, 3.05) is 6.54 Å². The SMILES string of the molecule is N#CCCCCNC(=O)c1cc(Cl)ccn1. The summed E-state index contributed by atoms with van der Waals surface area (Å²) in [6, 6.07) is 5.19. The average molecular weight is 238 g/mol. The second-order valence-electron chi connectivity index (χ2n) is 3.23. The van der Waals surface area contributed by atoms with Gasteiger partial charge in [0.05, 0.1) is 6.07 Å². The number of carbonyl (C=O) groups is 1. The van der Waals surface area contributed by atoms with Crippen LogP contribution in [0.15, 0.2) is 18.3 Å². The van der Waals surface area contributed by atoms with Crippen LogP contribution in [0.3, 0.4) is 0 Å². The Morgan fingerprint density at radius 1 is 1.56 bits per heavy atom. The molecule has 0 radical (unpaired) electrons. The van der Waals surface area contributed by atoms with Gasteiger partial charge in [0.25, 0.3) is 5.91 Å². The van der Waals surface area contributed by atoms with Crippen molar-refractivity contribution < 1.29 is 4.79 Å². The maximum Gasteiger partial charge on any atom is 0.269 e. The first-order chi connectivity index (χ1) is 7.74. The standard InChI is InChI=1S/C11H12ClN3O/c12-9-4-7-14-10(8-9)11(16)15-6-3-1-2-5-13/h4,7-8H,1-3,6H2,(H,15,16). The van der Waals surface area contributed by atoms with E-state index < -0.39 is 0 Å². The molecular weight excluding hydrogens is 226 g/mol. The number of unbranched alkanes of at least 4 members (excludes halogenated alkanes) is 2. The first kappa shape index (κ1) is 12.5. The number of nitrogens with zero attached hydrogens (tertiary/aromatic N) is 2. The molecule has 0 bridgehead atoms. The molecule has 0 fully saturated rings. The van der Waals surface area contributed by atoms with Gasteiger partial charge in [0.1, 0.15) is 5.69 Å². The molecule has 4 nitrogen and oxygen atoms in total. The van der Waals surface area contributed by atoms with Crippen molar-refractivity contribution in [1.29, 1.82) is 5.26 Å². The van der Waals surface area contributed by atoms with Gasteiger partial charge in [-0.15, -0.1) is 0 Å². The molecule has 84 valence electrons. The van der Waals surface area contributed by atoms with Gasteiger partial charge in [-0.1, -0.05) is 11.6 Å². The second-order valence-corrected chi connectivity index (χ2v) is 3.67. The summed E-state index contributed by atoms with van der Waals surface area (Å²) in [5.41, 5.74) is 0.313. The van der Waals surface area contributed by atoms with Gasteiger partial charge < -0.3 is 5.32 Å². The van der Waals surface area contributed by atoms with Crippen molar-refractivity contribution in [2.24, 2.45) is 0 Å². The van der Waals surface area contributed by atoms with E-state index in [-0.39, 0.29) is 5.91 Å². The number of aromatic nitrogens is 1. The van der Waals surface area contributed by atoms with Crippen LogP contribution in [0.1, 0.15) is 29.8 Å². The summed E-state index contributed by atoms with van der Waals surface area (Å²) in [6.07, 6.45) is 3.60. The summed E-state index contributed by atoms with van der Waals surface area (Å²) in [7, 11) is 0. The van der Waals surface area contributed by atoms with E-state index in [1.807, 2.05) is 0 Å². The summed E-state index contributed by atoms with van der Waals surface area (Å²) in [6.45, 7) is 0.550. The molecule has 1 aromatic rings. The van der Waals surface area contributed by atoms with Gasteiger partial charge in [0.2, 0.25) is 0 Å². The second kappa shape index (κ2) is 6.81. The minimum atomic E-state index is -0.237. The Hall–Kier alpha value is -1.60. The zero-order valence-electron chi connectivity index (χ0n) is 8.74. The zero-order valence-corrected chi connectivity index (χ0v) is 9.50. The van der Waals surface area contributed by atoms with Crippen LogP contribution in [0.4, 0.5) is 0 Å². The highest BCUT2D eigenvalue weighted by Crippen LogP contribution is 2.07. The number of rotatable bonds is 5. The summed E-state index contributed by atoms with van der Waals surface area (Å²) in [4.78, 5) is 15.4. The van der Waals surface area contributed by atoms with Crippen LogP contribution >= 0.6 is 11.6 Å². The van der Waals surface area contributed by atoms with E-state index in [1.54, 1.807) is 6.07 Å². The maximum absolute atomic E-state index is 11.5. The van der Waals surface area contributed by atoms with Gasteiger partial charge in [-0.25, -0.2) is 0 Å². The zero-order chi connectivity index (χ0) is 11.8. The van der Waals surface area contributed by atoms with Crippen LogP contribution in [-0.4, -0.2) is 17.4 Å². The Labute approximate surface area is 99.2 Å². The number of nitriles is 1. The van der Waals surface area contributed by atoms with Gasteiger partial charge in [-0.2, -0.15) is 5.26 Å². The number of amides is 1. The lowest BCUT2D eigenvalue weighted by molar-refractivity contribution is 0.0948. The quantitative estimate of drug-likeness (QED) is 0.798. The van der Waals surface area contributed by atoms with Crippen molar-refractivity contribution in [3.8, 4) is 6.07 Å². The molecule has 1 amide bonds. The van der Waals surface area contributed by atoms with Gasteiger partial charge in [0, 0.05) is 24.2 Å². The number of pyridine rings is 1. The molecule has 1 heterocycles. The van der Waals surface area contributed by atoms with Crippen molar-refractivity contribution in [2.45, 2.75) is 19.3 Å². The maximum atomic E-state index is 11.5. The van der Waals surface area contributed by atoms with Crippen LogP contribution in [0.25, 0.3) is 0 Å². The van der Waals surface area contributed by atoms with E-state index in [0.717, 1.165) is 12.8 Å². The number of nitrogens with one attached hydrogen (secondary N) is 1. The predicted molar refractivity (Wildman–Crippen MR) is 61.0 cm³/mol. The number of carbonyl (C=O) groups excluding carboxylic acids is 1. The first-order valence-electron chi connectivity index (χ1n) is 5.00. The molecule has 0 atom stereocenters. The molecule has 1 N–H and O–H groups in total. The molecule has 0 spiro atoms. The Bertz CT molecular complexity index is 400. The fourth-order valence-electron chi connectivity index (χ4n) is 1.15. The molecule has 1 rings (SSSR count). The van der Waals surface area contributed by atoms with Gasteiger partial charge in [-0.05, 0) is 25.0 Å². The fraction of sp³-hybridized carbons (Fsp3) is 0.364. The number of hydrogen-bond acceptors (Lipinski definition) is 3. The van der Waals surface area contributed by atoms with Crippen LogP contribution < -0.4 is 5.32 Å². The van der Waals surface area contributed by atoms with E-state index in [9.17, 15) is 4.79 Å². The molecule has 0 unspecified atom stereocenters. The lowest BCUT2D eigenvalue weighted by Crippen LogP contribution is -2.25. The summed E-state index contributed by atoms with van der Waals surface area (Å²) >= 11 is 5.74. The summed E-state index contributed by atoms with van der Waals surface area (Å²) < 4.78 is 0. The predicted octanol–water partition coefficient (Wildman–Crippen LogP) is 2.16. The lowest BCUT2D eigenvalue weighted by Gasteiger charge is -2.03. The average Bonchev–Trinajstić information content (AvgIpc) is 2.28. The van der Waals surface area contributed by atoms with E-state index in [4.69, 9.17) is 16.9 Å². The number of hydrogen-bond donors (Lipinski definition) is 1. The first-order valence-corrected chi connectivity index (χ1v) is 5.38. The van der Waals surface area contributed by atoms with Gasteiger partial charge >= 0.3 is 0 Å². The highest BCUT2D eigenvalue weighted by atomic mass is 35.5. The van der Waals surface area contributed by atoms with Gasteiger partial charge in [0.15, 0.2) is 0 Å². The molecule has 0 aliphatic heterocycles. The van der Waals surface area contributed by atoms with E-state index in [2.05, 4.69) is 16.4 Å². The molecule has 1 aromatic heterocycles. The van der Waals surface area contributed by atoms with Crippen LogP contribution in [0.5, 0.6) is 0 Å². The molecule has 5 heteroatoms. The smallest absolute Gasteiger partial charge is 0.269 e. The minimum Gasteiger partial charge on any atom is -0.351 e. The molecule has 16 heavy (non-hydrogen) atoms. The Balaban J connectivity index is 2.33. The summed E-state index contributed by atoms with van der Waals surface area (Å²) in [5.74, 6) is -0.237. The van der Waals surface area contributed by atoms with E-state index in [0.29, 0.717) is 23.7 Å². The van der Waals surface area contributed by atoms with Crippen molar-refractivity contribution in [3.63, 3.8) is 0 Å². The normalized spacial score (nSPS) is 9.50. The molecule has 0 aliphatic carbocycles. The Morgan fingerprint density at radius 3 is 3.06 bits per heavy atom. The van der Waals surface area contributed by atoms with E-state index >= 15 is 0 Å². The molecule has 0 saturated heterocycles. The monoisotopic (exact) mass is 237 g/mol. The topological polar surface area (TPSA) is 65.8 Å². The van der Waals surface area contributed by atoms with Gasteiger partial charge in [-0.3, -0.25) is 9.78 Å². The third kappa shape index (κ3) is 4.28. The van der Waals surface area contributed by atoms with Crippen LogP contribution in [-0.2, 0) is 0 Å². The Morgan fingerprint density at radius 2 is 2.38 bits per heavy atom. The number of halogens is 1. The molecule has 0 saturated carbocycles. The highest BCUT2D eigenvalue weighted by Gasteiger charge is 2.05. The van der Waals surface area contributed by atoms with Crippen molar-refractivity contribution in [3.05, 3.63) is 29.0 Å². The van der Waals surface area contributed by atoms with Crippen molar-refractivity contribution in [1.82, 2.24) is 10.3 Å². The molecule has 0 aromatic carbocycles. The largest absolute Gasteiger partial charge is 0.351 e. The third-order valence-electron chi connectivity index (χ3n) is 1.96. The summed E-state index contributed by atoms with van der Waals surface area (Å²) in [5, 5.41) is 11.5. The lowest BCUT2D eigenvalue weighted by atomic mass is 10.2. The molecular formula is C11H12ClN3O. The van der Waals surface area contributed by atoms with Crippen LogP contribution in [0.2, 0.25) is 5.02 Å². The minimum absolute atomic E-state index is 0.237. The van der Waals surface area contributed by atoms with E-state index in [1.165, 1.54) is 12.3 Å². The van der Waals surface area contributed by atoms with Crippen molar-refractivity contribution >= 4 is 17.5 Å². The third-order valence-corrected chi connectivity index (χ3v) is 2.19. The highest BCUT2D eigenvalue weighted by molar-refractivity contribution is 6.30. The molecule has 0 aliphatic rings.